The lowest BCUT2D eigenvalue weighted by Crippen LogP contribution is -2.35. The molecule has 0 unspecified atom stereocenters. The van der Waals surface area contributed by atoms with Gasteiger partial charge in [0.2, 0.25) is 5.82 Å². The molecule has 5 aromatic rings. The Kier molecular flexibility index (Phi) is 5.07. The number of carbonyl (C=O) groups is 1. The number of hydrogen-bond acceptors (Lipinski definition) is 4. The second-order valence-corrected chi connectivity index (χ2v) is 9.05. The molecular weight excluding hydrogens is 449 g/mol. The Hall–Kier alpha value is -4.04. The van der Waals surface area contributed by atoms with Crippen LogP contribution >= 0.6 is 11.3 Å². The van der Waals surface area contributed by atoms with Crippen LogP contribution in [0.4, 0.5) is 4.39 Å². The van der Waals surface area contributed by atoms with E-state index in [0.717, 1.165) is 32.6 Å². The van der Waals surface area contributed by atoms with Crippen LogP contribution < -0.4 is 0 Å². The smallest absolute Gasteiger partial charge is 0.293 e. The number of thiophene rings is 1. The van der Waals surface area contributed by atoms with Gasteiger partial charge in [0.15, 0.2) is 5.82 Å². The average molecular weight is 470 g/mol. The van der Waals surface area contributed by atoms with Crippen LogP contribution in [0, 0.1) is 5.82 Å². The van der Waals surface area contributed by atoms with Gasteiger partial charge in [-0.1, -0.05) is 30.3 Å². The second-order valence-electron chi connectivity index (χ2n) is 8.11. The minimum atomic E-state index is -0.264. The van der Waals surface area contributed by atoms with Crippen LogP contribution in [0.1, 0.15) is 22.6 Å². The molecule has 0 saturated heterocycles. The van der Waals surface area contributed by atoms with Gasteiger partial charge >= 0.3 is 0 Å². The molecule has 0 bridgehead atoms. The van der Waals surface area contributed by atoms with Gasteiger partial charge in [0.05, 0.1) is 10.6 Å². The number of para-hydroxylation sites is 1. The number of nitrogens with zero attached hydrogens (tertiary/aromatic N) is 4. The molecule has 0 fully saturated rings. The summed E-state index contributed by atoms with van der Waals surface area (Å²) in [7, 11) is 0. The van der Waals surface area contributed by atoms with E-state index in [0.29, 0.717) is 25.3 Å². The molecule has 1 amide bonds. The van der Waals surface area contributed by atoms with Crippen LogP contribution in [0.3, 0.4) is 0 Å². The Morgan fingerprint density at radius 2 is 1.97 bits per heavy atom. The lowest BCUT2D eigenvalue weighted by molar-refractivity contribution is 0.0761. The number of benzene rings is 2. The Labute approximate surface area is 199 Å². The molecule has 0 spiro atoms. The summed E-state index contributed by atoms with van der Waals surface area (Å²) in [5.74, 6) is 0.388. The zero-order chi connectivity index (χ0) is 23.1. The summed E-state index contributed by atoms with van der Waals surface area (Å²) in [5.41, 5.74) is 3.82. The van der Waals surface area contributed by atoms with E-state index in [9.17, 15) is 9.18 Å². The molecule has 1 aliphatic heterocycles. The van der Waals surface area contributed by atoms with Crippen molar-refractivity contribution in [2.45, 2.75) is 6.42 Å². The van der Waals surface area contributed by atoms with Crippen molar-refractivity contribution in [3.05, 3.63) is 95.5 Å². The van der Waals surface area contributed by atoms with E-state index in [2.05, 4.69) is 21.1 Å². The van der Waals surface area contributed by atoms with Crippen molar-refractivity contribution in [2.75, 3.05) is 13.1 Å². The summed E-state index contributed by atoms with van der Waals surface area (Å²) in [5, 5.41) is 7.56. The highest BCUT2D eigenvalue weighted by Crippen LogP contribution is 2.30. The molecule has 8 heteroatoms. The van der Waals surface area contributed by atoms with Gasteiger partial charge in [-0.3, -0.25) is 4.79 Å². The van der Waals surface area contributed by atoms with Crippen LogP contribution in [0.15, 0.2) is 78.3 Å². The van der Waals surface area contributed by atoms with Crippen LogP contribution in [-0.2, 0) is 0 Å². The maximum Gasteiger partial charge on any atom is 0.293 e. The van der Waals surface area contributed by atoms with E-state index in [-0.39, 0.29) is 17.5 Å². The predicted molar refractivity (Wildman–Crippen MR) is 131 cm³/mol. The van der Waals surface area contributed by atoms with Gasteiger partial charge in [0.25, 0.3) is 5.91 Å². The number of H-pyrrole nitrogens is 1. The van der Waals surface area contributed by atoms with Crippen molar-refractivity contribution < 1.29 is 9.18 Å². The summed E-state index contributed by atoms with van der Waals surface area (Å²) in [4.78, 5) is 23.8. The van der Waals surface area contributed by atoms with E-state index in [4.69, 9.17) is 0 Å². The number of fused-ring (bicyclic) bond motifs is 1. The minimum Gasteiger partial charge on any atom is -0.360 e. The van der Waals surface area contributed by atoms with Gasteiger partial charge in [0, 0.05) is 35.8 Å². The first-order chi connectivity index (χ1) is 16.7. The standard InChI is InChI=1S/C26H20FN5OS/c27-18-8-9-20-21(16-28-22(20)15-18)17-10-12-31(13-11-17)26(33)24-29-25(23-7-4-14-34-23)32(30-24)19-5-2-1-3-6-19/h1-10,14-16,28H,11-13H2. The summed E-state index contributed by atoms with van der Waals surface area (Å²) < 4.78 is 15.3. The molecule has 0 atom stereocenters. The van der Waals surface area contributed by atoms with Crippen molar-refractivity contribution in [3.8, 4) is 16.4 Å². The van der Waals surface area contributed by atoms with Crippen molar-refractivity contribution >= 4 is 33.7 Å². The molecule has 4 heterocycles. The van der Waals surface area contributed by atoms with Crippen molar-refractivity contribution in [1.29, 1.82) is 0 Å². The third kappa shape index (κ3) is 3.62. The van der Waals surface area contributed by atoms with Gasteiger partial charge < -0.3 is 9.88 Å². The summed E-state index contributed by atoms with van der Waals surface area (Å²) in [6, 6.07) is 18.4. The van der Waals surface area contributed by atoms with E-state index in [1.54, 1.807) is 27.0 Å². The molecule has 0 radical (unpaired) electrons. The second kappa shape index (κ2) is 8.39. The van der Waals surface area contributed by atoms with E-state index < -0.39 is 0 Å². The fraction of sp³-hybridized carbons (Fsp3) is 0.115. The largest absolute Gasteiger partial charge is 0.360 e. The lowest BCUT2D eigenvalue weighted by Gasteiger charge is -2.25. The zero-order valence-corrected chi connectivity index (χ0v) is 18.9. The maximum atomic E-state index is 13.5. The number of carbonyl (C=O) groups excluding carboxylic acids is 1. The van der Waals surface area contributed by atoms with Crippen molar-refractivity contribution in [1.82, 2.24) is 24.6 Å². The van der Waals surface area contributed by atoms with Crippen LogP contribution in [-0.4, -0.2) is 43.6 Å². The number of aromatic amines is 1. The molecule has 6 rings (SSSR count). The molecule has 2 aromatic carbocycles. The normalized spacial score (nSPS) is 13.9. The van der Waals surface area contributed by atoms with Gasteiger partial charge in [-0.15, -0.1) is 16.4 Å². The Bertz CT molecular complexity index is 1520. The maximum absolute atomic E-state index is 13.5. The fourth-order valence-electron chi connectivity index (χ4n) is 4.32. The zero-order valence-electron chi connectivity index (χ0n) is 18.1. The van der Waals surface area contributed by atoms with Crippen LogP contribution in [0.5, 0.6) is 0 Å². The molecule has 3 aromatic heterocycles. The van der Waals surface area contributed by atoms with Gasteiger partial charge in [0.1, 0.15) is 5.82 Å². The van der Waals surface area contributed by atoms with Gasteiger partial charge in [-0.2, -0.15) is 0 Å². The minimum absolute atomic E-state index is 0.187. The Balaban J connectivity index is 1.28. The van der Waals surface area contributed by atoms with Crippen LogP contribution in [0.25, 0.3) is 32.9 Å². The number of hydrogen-bond donors (Lipinski definition) is 1. The highest BCUT2D eigenvalue weighted by Gasteiger charge is 2.26. The Morgan fingerprint density at radius 1 is 1.09 bits per heavy atom. The van der Waals surface area contributed by atoms with E-state index >= 15 is 0 Å². The van der Waals surface area contributed by atoms with Crippen molar-refractivity contribution in [2.24, 2.45) is 0 Å². The SMILES string of the molecule is O=C(c1nc(-c2cccs2)n(-c2ccccc2)n1)N1CC=C(c2c[nH]c3cc(F)ccc23)CC1. The lowest BCUT2D eigenvalue weighted by atomic mass is 9.99. The topological polar surface area (TPSA) is 66.8 Å². The first-order valence-electron chi connectivity index (χ1n) is 11.0. The molecule has 6 nitrogen and oxygen atoms in total. The Morgan fingerprint density at radius 3 is 2.74 bits per heavy atom. The fourth-order valence-corrected chi connectivity index (χ4v) is 5.02. The monoisotopic (exact) mass is 469 g/mol. The summed E-state index contributed by atoms with van der Waals surface area (Å²) in [6.45, 7) is 1.03. The van der Waals surface area contributed by atoms with E-state index in [1.807, 2.05) is 54.0 Å². The third-order valence-corrected chi connectivity index (χ3v) is 6.89. The average Bonchev–Trinajstić information content (AvgIpc) is 3.63. The molecule has 0 saturated carbocycles. The number of rotatable bonds is 4. The predicted octanol–water partition coefficient (Wildman–Crippen LogP) is 5.55. The van der Waals surface area contributed by atoms with E-state index in [1.165, 1.54) is 12.1 Å². The van der Waals surface area contributed by atoms with Gasteiger partial charge in [-0.25, -0.2) is 14.1 Å². The molecule has 0 aliphatic carbocycles. The number of halogens is 1. The van der Waals surface area contributed by atoms with Crippen LogP contribution in [0.2, 0.25) is 0 Å². The molecular formula is C26H20FN5OS. The number of nitrogens with one attached hydrogen (secondary N) is 1. The van der Waals surface area contributed by atoms with Gasteiger partial charge in [-0.05, 0) is 53.8 Å². The molecule has 1 N–H and O–H groups in total. The first kappa shape index (κ1) is 20.6. The molecule has 168 valence electrons. The molecule has 34 heavy (non-hydrogen) atoms. The number of amides is 1. The van der Waals surface area contributed by atoms with Crippen molar-refractivity contribution in [3.63, 3.8) is 0 Å². The quantitative estimate of drug-likeness (QED) is 0.376. The molecule has 1 aliphatic rings. The highest BCUT2D eigenvalue weighted by molar-refractivity contribution is 7.13. The summed E-state index contributed by atoms with van der Waals surface area (Å²) >= 11 is 1.56. The first-order valence-corrected chi connectivity index (χ1v) is 11.9. The third-order valence-electron chi connectivity index (χ3n) is 6.03. The number of aromatic nitrogens is 4. The highest BCUT2D eigenvalue weighted by atomic mass is 32.1. The summed E-state index contributed by atoms with van der Waals surface area (Å²) in [6.07, 6.45) is 4.67.